The van der Waals surface area contributed by atoms with E-state index >= 15 is 0 Å². The Morgan fingerprint density at radius 1 is 1.39 bits per heavy atom. The summed E-state index contributed by atoms with van der Waals surface area (Å²) in [4.78, 5) is 9.91. The smallest absolute Gasteiger partial charge is 0.404 e. The van der Waals surface area contributed by atoms with E-state index in [1.165, 1.54) is 6.07 Å². The van der Waals surface area contributed by atoms with E-state index in [-0.39, 0.29) is 5.88 Å². The Kier molecular flexibility index (Phi) is 3.66. The molecule has 0 aliphatic rings. The van der Waals surface area contributed by atoms with E-state index in [1.54, 1.807) is 6.07 Å². The summed E-state index contributed by atoms with van der Waals surface area (Å²) in [5.41, 5.74) is 2.06. The van der Waals surface area contributed by atoms with Gasteiger partial charge in [-0.15, -0.1) is 0 Å². The van der Waals surface area contributed by atoms with Crippen LogP contribution in [0.1, 0.15) is 11.3 Å². The molecule has 1 aromatic heterocycles. The lowest BCUT2D eigenvalue weighted by Crippen LogP contribution is -1.98. The minimum absolute atomic E-state index is 0.237. The second-order valence-corrected chi connectivity index (χ2v) is 4.67. The molecule has 94 valence electrons. The highest BCUT2D eigenvalue weighted by Gasteiger charge is 2.11. The van der Waals surface area contributed by atoms with Gasteiger partial charge >= 0.3 is 5.88 Å². The number of furan rings is 1. The van der Waals surface area contributed by atoms with Crippen molar-refractivity contribution in [1.29, 1.82) is 0 Å². The predicted octanol–water partition coefficient (Wildman–Crippen LogP) is 3.87. The Hall–Kier alpha value is -1.82. The van der Waals surface area contributed by atoms with Crippen LogP contribution in [0.5, 0.6) is 0 Å². The quantitative estimate of drug-likeness (QED) is 0.687. The number of nitrogens with zero attached hydrogens (tertiary/aromatic N) is 1. The molecule has 5 nitrogen and oxygen atoms in total. The van der Waals surface area contributed by atoms with Crippen molar-refractivity contribution in [3.63, 3.8) is 0 Å². The van der Waals surface area contributed by atoms with Crippen molar-refractivity contribution in [2.24, 2.45) is 0 Å². The normalized spacial score (nSPS) is 10.3. The first-order valence-electron chi connectivity index (χ1n) is 5.29. The lowest BCUT2D eigenvalue weighted by atomic mass is 10.2. The molecule has 1 heterocycles. The SMILES string of the molecule is Cc1cc(NCc2ccc([N+](=O)[O-])o2)ccc1Br. The Morgan fingerprint density at radius 3 is 2.78 bits per heavy atom. The van der Waals surface area contributed by atoms with Crippen LogP contribution in [-0.2, 0) is 6.54 Å². The molecule has 0 saturated carbocycles. The molecule has 0 bridgehead atoms. The number of aryl methyl sites for hydroxylation is 1. The zero-order valence-corrected chi connectivity index (χ0v) is 11.2. The van der Waals surface area contributed by atoms with Gasteiger partial charge in [-0.25, -0.2) is 0 Å². The highest BCUT2D eigenvalue weighted by atomic mass is 79.9. The molecule has 0 unspecified atom stereocenters. The average Bonchev–Trinajstić information content (AvgIpc) is 2.79. The second-order valence-electron chi connectivity index (χ2n) is 3.81. The van der Waals surface area contributed by atoms with Gasteiger partial charge in [-0.05, 0) is 36.8 Å². The fraction of sp³-hybridized carbons (Fsp3) is 0.167. The molecule has 0 fully saturated rings. The summed E-state index contributed by atoms with van der Waals surface area (Å²) in [5.74, 6) is 0.293. The third-order valence-corrected chi connectivity index (χ3v) is 3.34. The van der Waals surface area contributed by atoms with Crippen LogP contribution >= 0.6 is 15.9 Å². The highest BCUT2D eigenvalue weighted by Crippen LogP contribution is 2.21. The number of nitro groups is 1. The van der Waals surface area contributed by atoms with E-state index in [2.05, 4.69) is 21.2 Å². The zero-order valence-electron chi connectivity index (χ0n) is 9.64. The largest absolute Gasteiger partial charge is 0.433 e. The van der Waals surface area contributed by atoms with E-state index < -0.39 is 4.92 Å². The fourth-order valence-corrected chi connectivity index (χ4v) is 1.75. The van der Waals surface area contributed by atoms with E-state index in [4.69, 9.17) is 4.42 Å². The van der Waals surface area contributed by atoms with E-state index in [0.717, 1.165) is 15.7 Å². The van der Waals surface area contributed by atoms with Gasteiger partial charge in [0.05, 0.1) is 12.6 Å². The van der Waals surface area contributed by atoms with Crippen molar-refractivity contribution in [2.75, 3.05) is 5.32 Å². The third-order valence-electron chi connectivity index (χ3n) is 2.45. The van der Waals surface area contributed by atoms with Crippen molar-refractivity contribution >= 4 is 27.5 Å². The Bertz CT molecular complexity index is 580. The first kappa shape index (κ1) is 12.6. The van der Waals surface area contributed by atoms with Gasteiger partial charge in [0, 0.05) is 10.2 Å². The van der Waals surface area contributed by atoms with Crippen molar-refractivity contribution < 1.29 is 9.34 Å². The molecule has 1 aromatic carbocycles. The number of halogens is 1. The van der Waals surface area contributed by atoms with Crippen molar-refractivity contribution in [3.05, 3.63) is 56.2 Å². The molecule has 18 heavy (non-hydrogen) atoms. The van der Waals surface area contributed by atoms with Crippen LogP contribution in [0, 0.1) is 17.0 Å². The van der Waals surface area contributed by atoms with Crippen molar-refractivity contribution in [1.82, 2.24) is 0 Å². The number of anilines is 1. The number of benzene rings is 1. The maximum absolute atomic E-state index is 10.5. The number of nitrogens with one attached hydrogen (secondary N) is 1. The minimum atomic E-state index is -0.548. The maximum Gasteiger partial charge on any atom is 0.433 e. The minimum Gasteiger partial charge on any atom is -0.404 e. The maximum atomic E-state index is 10.5. The Labute approximate surface area is 112 Å². The average molecular weight is 311 g/mol. The van der Waals surface area contributed by atoms with Gasteiger partial charge in [-0.3, -0.25) is 10.1 Å². The molecule has 2 rings (SSSR count). The lowest BCUT2D eigenvalue weighted by Gasteiger charge is -2.06. The molecule has 0 atom stereocenters. The fourth-order valence-electron chi connectivity index (χ4n) is 1.50. The molecule has 0 aliphatic carbocycles. The van der Waals surface area contributed by atoms with Gasteiger partial charge in [0.2, 0.25) is 0 Å². The first-order chi connectivity index (χ1) is 8.56. The molecule has 1 N–H and O–H groups in total. The summed E-state index contributed by atoms with van der Waals surface area (Å²) in [7, 11) is 0. The van der Waals surface area contributed by atoms with Crippen LogP contribution < -0.4 is 5.32 Å². The predicted molar refractivity (Wildman–Crippen MR) is 71.6 cm³/mol. The van der Waals surface area contributed by atoms with E-state index in [1.807, 2.05) is 25.1 Å². The van der Waals surface area contributed by atoms with Gasteiger partial charge in [0.15, 0.2) is 0 Å². The van der Waals surface area contributed by atoms with Gasteiger partial charge in [0.25, 0.3) is 0 Å². The first-order valence-corrected chi connectivity index (χ1v) is 6.08. The zero-order chi connectivity index (χ0) is 13.1. The van der Waals surface area contributed by atoms with Crippen LogP contribution in [0.4, 0.5) is 11.6 Å². The molecular weight excluding hydrogens is 300 g/mol. The molecule has 0 saturated heterocycles. The van der Waals surface area contributed by atoms with E-state index in [0.29, 0.717) is 12.3 Å². The number of hydrogen-bond acceptors (Lipinski definition) is 4. The van der Waals surface area contributed by atoms with Crippen molar-refractivity contribution in [2.45, 2.75) is 13.5 Å². The Morgan fingerprint density at radius 2 is 2.17 bits per heavy atom. The lowest BCUT2D eigenvalue weighted by molar-refractivity contribution is -0.402. The summed E-state index contributed by atoms with van der Waals surface area (Å²) in [6, 6.07) is 8.80. The summed E-state index contributed by atoms with van der Waals surface area (Å²) in [6.45, 7) is 2.40. The molecule has 0 aliphatic heterocycles. The Balaban J connectivity index is 2.02. The van der Waals surface area contributed by atoms with Gasteiger partial charge < -0.3 is 9.73 Å². The van der Waals surface area contributed by atoms with Gasteiger partial charge in [-0.1, -0.05) is 15.9 Å². The van der Waals surface area contributed by atoms with Crippen LogP contribution in [-0.4, -0.2) is 4.92 Å². The molecular formula is C12H11BrN2O3. The third kappa shape index (κ3) is 2.89. The standard InChI is InChI=1S/C12H11BrN2O3/c1-8-6-9(2-4-11(8)13)14-7-10-3-5-12(18-10)15(16)17/h2-6,14H,7H2,1H3. The molecule has 0 amide bonds. The summed E-state index contributed by atoms with van der Waals surface area (Å²) >= 11 is 3.42. The van der Waals surface area contributed by atoms with Crippen LogP contribution in [0.2, 0.25) is 0 Å². The summed E-state index contributed by atoms with van der Waals surface area (Å²) in [6.07, 6.45) is 0. The molecule has 0 radical (unpaired) electrons. The van der Waals surface area contributed by atoms with E-state index in [9.17, 15) is 10.1 Å². The molecule has 0 spiro atoms. The summed E-state index contributed by atoms with van der Waals surface area (Å²) < 4.78 is 6.09. The topological polar surface area (TPSA) is 68.3 Å². The van der Waals surface area contributed by atoms with Gasteiger partial charge in [-0.2, -0.15) is 0 Å². The summed E-state index contributed by atoms with van der Waals surface area (Å²) in [5, 5.41) is 13.6. The second kappa shape index (κ2) is 5.22. The molecule has 6 heteroatoms. The molecule has 2 aromatic rings. The van der Waals surface area contributed by atoms with Crippen LogP contribution in [0.15, 0.2) is 39.2 Å². The van der Waals surface area contributed by atoms with Crippen molar-refractivity contribution in [3.8, 4) is 0 Å². The monoisotopic (exact) mass is 310 g/mol. The highest BCUT2D eigenvalue weighted by molar-refractivity contribution is 9.10. The van der Waals surface area contributed by atoms with Gasteiger partial charge in [0.1, 0.15) is 10.7 Å². The van der Waals surface area contributed by atoms with Crippen LogP contribution in [0.3, 0.4) is 0 Å². The number of hydrogen-bond donors (Lipinski definition) is 1. The number of rotatable bonds is 4. The van der Waals surface area contributed by atoms with Crippen LogP contribution in [0.25, 0.3) is 0 Å².